The van der Waals surface area contributed by atoms with Crippen molar-refractivity contribution >= 4 is 5.91 Å². The Morgan fingerprint density at radius 3 is 2.62 bits per heavy atom. The van der Waals surface area contributed by atoms with Crippen molar-refractivity contribution in [3.63, 3.8) is 0 Å². The van der Waals surface area contributed by atoms with E-state index >= 15 is 0 Å². The summed E-state index contributed by atoms with van der Waals surface area (Å²) in [6.07, 6.45) is 1.53. The maximum Gasteiger partial charge on any atom is 0.433 e. The Hall–Kier alpha value is -3.57. The molecule has 1 aliphatic carbocycles. The molecule has 34 heavy (non-hydrogen) atoms. The van der Waals surface area contributed by atoms with E-state index in [2.05, 4.69) is 20.2 Å². The molecule has 2 aromatic heterocycles. The quantitative estimate of drug-likeness (QED) is 0.524. The van der Waals surface area contributed by atoms with E-state index in [-0.39, 0.29) is 47.7 Å². The number of aromatic nitrogens is 5. The van der Waals surface area contributed by atoms with Crippen LogP contribution in [0.25, 0.3) is 5.69 Å². The number of rotatable bonds is 5. The number of benzene rings is 1. The Bertz CT molecular complexity index is 1190. The van der Waals surface area contributed by atoms with Gasteiger partial charge < -0.3 is 9.64 Å². The summed E-state index contributed by atoms with van der Waals surface area (Å²) in [5.41, 5.74) is -0.883. The maximum atomic E-state index is 14.6. The molecule has 3 fully saturated rings. The molecule has 8 nitrogen and oxygen atoms in total. The number of nitrogens with zero attached hydrogens (tertiary/aromatic N) is 6. The highest BCUT2D eigenvalue weighted by atomic mass is 19.4. The van der Waals surface area contributed by atoms with Crippen molar-refractivity contribution in [2.75, 3.05) is 13.2 Å². The van der Waals surface area contributed by atoms with Gasteiger partial charge in [0.05, 0.1) is 24.6 Å². The number of halogens is 4. The third kappa shape index (κ3) is 4.19. The molecule has 1 aromatic carbocycles. The molecule has 3 aromatic rings. The molecule has 0 radical (unpaired) electrons. The molecule has 0 N–H and O–H groups in total. The number of amides is 1. The number of ether oxygens (including phenoxy) is 1. The summed E-state index contributed by atoms with van der Waals surface area (Å²) in [6, 6.07) is 4.66. The van der Waals surface area contributed by atoms with Gasteiger partial charge in [-0.2, -0.15) is 28.4 Å². The average Bonchev–Trinajstić information content (AvgIpc) is 3.36. The van der Waals surface area contributed by atoms with Crippen LogP contribution in [0, 0.1) is 17.7 Å². The zero-order valence-corrected chi connectivity index (χ0v) is 17.8. The van der Waals surface area contributed by atoms with Gasteiger partial charge in [0, 0.05) is 18.8 Å². The molecule has 3 atom stereocenters. The number of carbonyl (C=O) groups excluding carboxylic acids is 1. The van der Waals surface area contributed by atoms with Crippen LogP contribution in [-0.2, 0) is 6.18 Å². The predicted octanol–water partition coefficient (Wildman–Crippen LogP) is 3.53. The molecule has 3 aliphatic rings. The average molecular weight is 476 g/mol. The van der Waals surface area contributed by atoms with Crippen LogP contribution in [0.15, 0.2) is 42.9 Å². The number of hydrogen-bond acceptors (Lipinski definition) is 6. The van der Waals surface area contributed by atoms with Crippen LogP contribution >= 0.6 is 0 Å². The minimum atomic E-state index is -4.58. The van der Waals surface area contributed by atoms with Gasteiger partial charge in [0.2, 0.25) is 0 Å². The van der Waals surface area contributed by atoms with E-state index in [1.807, 2.05) is 0 Å². The summed E-state index contributed by atoms with van der Waals surface area (Å²) in [7, 11) is 0. The van der Waals surface area contributed by atoms with Crippen molar-refractivity contribution in [3.05, 3.63) is 59.9 Å². The van der Waals surface area contributed by atoms with Gasteiger partial charge in [0.25, 0.3) is 5.91 Å². The number of fused-ring (bicyclic) bond motifs is 3. The van der Waals surface area contributed by atoms with Crippen molar-refractivity contribution < 1.29 is 27.1 Å². The van der Waals surface area contributed by atoms with Crippen LogP contribution in [0.3, 0.4) is 0 Å². The number of alkyl halides is 3. The summed E-state index contributed by atoms with van der Waals surface area (Å²) in [5.74, 6) is -0.765. The van der Waals surface area contributed by atoms with Gasteiger partial charge in [-0.1, -0.05) is 6.07 Å². The standard InChI is InChI=1S/C22H20F4N6O2/c23-17-3-1-2-16(19(17)32-28-8-9-29-32)20(33)31-11-13-4-5-15(31)10-14(13)12-34-21-27-7-6-18(30-21)22(24,25)26/h1-3,6-9,13-15H,4-5,10-12H2. The number of piperidine rings is 2. The second kappa shape index (κ2) is 8.65. The Balaban J connectivity index is 1.29. The van der Waals surface area contributed by atoms with E-state index in [1.165, 1.54) is 24.5 Å². The van der Waals surface area contributed by atoms with Crippen LogP contribution < -0.4 is 4.74 Å². The van der Waals surface area contributed by atoms with Crippen molar-refractivity contribution in [1.82, 2.24) is 29.9 Å². The molecule has 1 amide bonds. The fraction of sp³-hybridized carbons (Fsp3) is 0.409. The SMILES string of the molecule is O=C(c1cccc(F)c1-n1nccn1)N1CC2CCC1CC2COc1nccc(C(F)(F)F)n1. The first-order chi connectivity index (χ1) is 16.3. The lowest BCUT2D eigenvalue weighted by Gasteiger charge is -2.49. The smallest absolute Gasteiger partial charge is 0.433 e. The van der Waals surface area contributed by atoms with Crippen LogP contribution in [0.1, 0.15) is 35.3 Å². The third-order valence-electron chi connectivity index (χ3n) is 6.43. The fourth-order valence-electron chi connectivity index (χ4n) is 4.81. The summed E-state index contributed by atoms with van der Waals surface area (Å²) >= 11 is 0. The van der Waals surface area contributed by atoms with Crippen molar-refractivity contribution in [2.24, 2.45) is 11.8 Å². The normalized spacial score (nSPS) is 22.1. The van der Waals surface area contributed by atoms with Crippen LogP contribution in [0.5, 0.6) is 6.01 Å². The van der Waals surface area contributed by atoms with Crippen molar-refractivity contribution in [1.29, 1.82) is 0 Å². The third-order valence-corrected chi connectivity index (χ3v) is 6.43. The molecule has 0 spiro atoms. The number of carbonyl (C=O) groups is 1. The Kier molecular flexibility index (Phi) is 5.66. The highest BCUT2D eigenvalue weighted by Gasteiger charge is 2.43. The number of para-hydroxylation sites is 1. The topological polar surface area (TPSA) is 86.0 Å². The van der Waals surface area contributed by atoms with Gasteiger partial charge in [0.1, 0.15) is 5.69 Å². The fourth-order valence-corrected chi connectivity index (χ4v) is 4.81. The number of hydrogen-bond donors (Lipinski definition) is 0. The summed E-state index contributed by atoms with van der Waals surface area (Å²) in [6.45, 7) is 0.608. The largest absolute Gasteiger partial charge is 0.463 e. The molecule has 12 heteroatoms. The molecule has 6 rings (SSSR count). The van der Waals surface area contributed by atoms with E-state index < -0.39 is 17.7 Å². The summed E-state index contributed by atoms with van der Waals surface area (Å²) in [5, 5.41) is 7.93. The van der Waals surface area contributed by atoms with Crippen LogP contribution in [0.4, 0.5) is 17.6 Å². The first-order valence-electron chi connectivity index (χ1n) is 10.8. The lowest BCUT2D eigenvalue weighted by Crippen LogP contribution is -2.55. The minimum absolute atomic E-state index is 0.000487. The molecule has 2 bridgehead atoms. The molecule has 178 valence electrons. The molecular formula is C22H20F4N6O2. The zero-order valence-electron chi connectivity index (χ0n) is 17.8. The second-order valence-corrected chi connectivity index (χ2v) is 8.43. The predicted molar refractivity (Wildman–Crippen MR) is 110 cm³/mol. The highest BCUT2D eigenvalue weighted by Crippen LogP contribution is 2.40. The van der Waals surface area contributed by atoms with Crippen LogP contribution in [0.2, 0.25) is 0 Å². The van der Waals surface area contributed by atoms with Gasteiger partial charge >= 0.3 is 12.2 Å². The molecule has 4 heterocycles. The van der Waals surface area contributed by atoms with Gasteiger partial charge in [-0.3, -0.25) is 4.79 Å². The summed E-state index contributed by atoms with van der Waals surface area (Å²) < 4.78 is 58.7. The van der Waals surface area contributed by atoms with Gasteiger partial charge in [-0.25, -0.2) is 9.37 Å². The van der Waals surface area contributed by atoms with Gasteiger partial charge in [-0.15, -0.1) is 4.80 Å². The minimum Gasteiger partial charge on any atom is -0.463 e. The Morgan fingerprint density at radius 1 is 1.12 bits per heavy atom. The molecule has 2 aliphatic heterocycles. The van der Waals surface area contributed by atoms with Crippen LogP contribution in [-0.4, -0.2) is 55.0 Å². The first-order valence-corrected chi connectivity index (χ1v) is 10.8. The van der Waals surface area contributed by atoms with Gasteiger partial charge in [-0.05, 0) is 49.3 Å². The molecule has 2 saturated heterocycles. The Labute approximate surface area is 191 Å². The lowest BCUT2D eigenvalue weighted by atomic mass is 9.72. The van der Waals surface area contributed by atoms with E-state index in [9.17, 15) is 22.4 Å². The van der Waals surface area contributed by atoms with E-state index in [4.69, 9.17) is 4.74 Å². The highest BCUT2D eigenvalue weighted by molar-refractivity contribution is 5.98. The van der Waals surface area contributed by atoms with E-state index in [0.29, 0.717) is 13.0 Å². The molecule has 1 saturated carbocycles. The van der Waals surface area contributed by atoms with Crippen molar-refractivity contribution in [2.45, 2.75) is 31.5 Å². The second-order valence-electron chi connectivity index (χ2n) is 8.43. The van der Waals surface area contributed by atoms with Gasteiger partial charge in [0.15, 0.2) is 11.5 Å². The maximum absolute atomic E-state index is 14.6. The zero-order chi connectivity index (χ0) is 23.9. The molecular weight excluding hydrogens is 456 g/mol. The van der Waals surface area contributed by atoms with E-state index in [0.717, 1.165) is 29.9 Å². The lowest BCUT2D eigenvalue weighted by molar-refractivity contribution is -0.141. The first kappa shape index (κ1) is 22.2. The monoisotopic (exact) mass is 476 g/mol. The summed E-state index contributed by atoms with van der Waals surface area (Å²) in [4.78, 5) is 23.5. The Morgan fingerprint density at radius 2 is 1.91 bits per heavy atom. The van der Waals surface area contributed by atoms with Crippen molar-refractivity contribution in [3.8, 4) is 11.7 Å². The molecule has 3 unspecified atom stereocenters. The van der Waals surface area contributed by atoms with E-state index in [1.54, 1.807) is 11.0 Å².